The van der Waals surface area contributed by atoms with Crippen molar-refractivity contribution in [1.82, 2.24) is 10.2 Å². The highest BCUT2D eigenvalue weighted by Gasteiger charge is 2.30. The number of carbonyl (C=O) groups excluding carboxylic acids is 2. The summed E-state index contributed by atoms with van der Waals surface area (Å²) in [6, 6.07) is 7.40. The van der Waals surface area contributed by atoms with Crippen LogP contribution in [0, 0.1) is 13.8 Å². The molecule has 3 aliphatic heterocycles. The number of nitrogens with zero attached hydrogens (tertiary/aromatic N) is 1. The minimum atomic E-state index is -0.685. The molecule has 1 saturated heterocycles. The average Bonchev–Trinajstić information content (AvgIpc) is 3.54. The SMILES string of the molecule is Cc1c([C@H](O)CNCC2CCCN2C[C@H](O)c2ccc3c(c2C)COC3=O)ccc2c1COC2=O. The van der Waals surface area contributed by atoms with Gasteiger partial charge in [-0.1, -0.05) is 12.1 Å². The van der Waals surface area contributed by atoms with Crippen molar-refractivity contribution in [2.24, 2.45) is 0 Å². The average molecular weight is 481 g/mol. The number of hydrogen-bond acceptors (Lipinski definition) is 8. The number of likely N-dealkylation sites (tertiary alicyclic amines) is 1. The molecule has 3 heterocycles. The third-order valence-electron chi connectivity index (χ3n) is 7.76. The molecule has 3 atom stereocenters. The molecule has 186 valence electrons. The number of fused-ring (bicyclic) bond motifs is 2. The maximum Gasteiger partial charge on any atom is 0.338 e. The number of aliphatic hydroxyl groups excluding tert-OH is 2. The van der Waals surface area contributed by atoms with Crippen LogP contribution in [0.5, 0.6) is 0 Å². The molecule has 8 nitrogen and oxygen atoms in total. The van der Waals surface area contributed by atoms with E-state index in [1.165, 1.54) is 0 Å². The van der Waals surface area contributed by atoms with Crippen LogP contribution >= 0.6 is 0 Å². The molecule has 35 heavy (non-hydrogen) atoms. The van der Waals surface area contributed by atoms with Crippen molar-refractivity contribution in [2.45, 2.75) is 58.2 Å². The van der Waals surface area contributed by atoms with Gasteiger partial charge < -0.3 is 25.0 Å². The summed E-state index contributed by atoms with van der Waals surface area (Å²) in [7, 11) is 0. The van der Waals surface area contributed by atoms with E-state index < -0.39 is 12.2 Å². The summed E-state index contributed by atoms with van der Waals surface area (Å²) >= 11 is 0. The monoisotopic (exact) mass is 480 g/mol. The number of carbonyl (C=O) groups is 2. The molecule has 0 spiro atoms. The van der Waals surface area contributed by atoms with Gasteiger partial charge in [-0.05, 0) is 67.6 Å². The molecule has 0 aliphatic carbocycles. The van der Waals surface area contributed by atoms with Crippen LogP contribution < -0.4 is 5.32 Å². The molecule has 5 rings (SSSR count). The predicted octanol–water partition coefficient (Wildman–Crippen LogP) is 2.47. The number of esters is 2. The van der Waals surface area contributed by atoms with Crippen LogP contribution in [0.1, 0.15) is 79.1 Å². The van der Waals surface area contributed by atoms with Crippen molar-refractivity contribution >= 4 is 11.9 Å². The molecule has 3 N–H and O–H groups in total. The van der Waals surface area contributed by atoms with Gasteiger partial charge in [0.15, 0.2) is 0 Å². The van der Waals surface area contributed by atoms with Crippen LogP contribution in [0.25, 0.3) is 0 Å². The lowest BCUT2D eigenvalue weighted by Gasteiger charge is -2.28. The van der Waals surface area contributed by atoms with E-state index in [1.54, 1.807) is 12.1 Å². The van der Waals surface area contributed by atoms with Gasteiger partial charge in [0.05, 0.1) is 23.3 Å². The zero-order valence-corrected chi connectivity index (χ0v) is 20.2. The van der Waals surface area contributed by atoms with E-state index in [-0.39, 0.29) is 31.2 Å². The molecule has 1 fully saturated rings. The summed E-state index contributed by atoms with van der Waals surface area (Å²) in [5, 5.41) is 25.2. The van der Waals surface area contributed by atoms with Gasteiger partial charge in [-0.15, -0.1) is 0 Å². The highest BCUT2D eigenvalue weighted by atomic mass is 16.5. The van der Waals surface area contributed by atoms with Crippen LogP contribution in [0.2, 0.25) is 0 Å². The van der Waals surface area contributed by atoms with Crippen LogP contribution in [0.3, 0.4) is 0 Å². The molecule has 0 amide bonds. The molecular formula is C27H32N2O6. The van der Waals surface area contributed by atoms with Gasteiger partial charge in [0.2, 0.25) is 0 Å². The summed E-state index contributed by atoms with van der Waals surface area (Å²) in [5.41, 5.74) is 6.40. The Hall–Kier alpha value is -2.78. The first-order chi connectivity index (χ1) is 16.8. The summed E-state index contributed by atoms with van der Waals surface area (Å²) in [4.78, 5) is 25.9. The van der Waals surface area contributed by atoms with Crippen LogP contribution in [-0.2, 0) is 22.7 Å². The molecule has 3 aliphatic rings. The molecule has 2 aromatic carbocycles. The Labute approximate surface area is 204 Å². The molecule has 8 heteroatoms. The molecule has 0 aromatic heterocycles. The summed E-state index contributed by atoms with van der Waals surface area (Å²) in [5.74, 6) is -0.600. The number of cyclic esters (lactones) is 2. The van der Waals surface area contributed by atoms with Gasteiger partial charge in [-0.2, -0.15) is 0 Å². The second-order valence-electron chi connectivity index (χ2n) is 9.74. The van der Waals surface area contributed by atoms with Crippen LogP contribution in [0.15, 0.2) is 24.3 Å². The fourth-order valence-electron chi connectivity index (χ4n) is 5.64. The van der Waals surface area contributed by atoms with Gasteiger partial charge >= 0.3 is 11.9 Å². The van der Waals surface area contributed by atoms with E-state index in [4.69, 9.17) is 9.47 Å². The van der Waals surface area contributed by atoms with Gasteiger partial charge in [0, 0.05) is 36.8 Å². The van der Waals surface area contributed by atoms with Gasteiger partial charge in [0.1, 0.15) is 13.2 Å². The Balaban J connectivity index is 1.17. The number of β-amino-alcohol motifs (C(OH)–C–C–N with tert-alkyl or cyclic N) is 1. The molecule has 0 saturated carbocycles. The predicted molar refractivity (Wildman–Crippen MR) is 128 cm³/mol. The smallest absolute Gasteiger partial charge is 0.338 e. The first-order valence-electron chi connectivity index (χ1n) is 12.2. The van der Waals surface area contributed by atoms with Crippen molar-refractivity contribution in [3.8, 4) is 0 Å². The second-order valence-corrected chi connectivity index (χ2v) is 9.74. The minimum Gasteiger partial charge on any atom is -0.457 e. The highest BCUT2D eigenvalue weighted by Crippen LogP contribution is 2.31. The fraction of sp³-hybridized carbons (Fsp3) is 0.481. The second kappa shape index (κ2) is 9.70. The number of aliphatic hydroxyl groups is 2. The molecule has 0 bridgehead atoms. The maximum absolute atomic E-state index is 11.8. The summed E-state index contributed by atoms with van der Waals surface area (Å²) < 4.78 is 10.3. The van der Waals surface area contributed by atoms with E-state index in [9.17, 15) is 19.8 Å². The topological polar surface area (TPSA) is 108 Å². The molecule has 0 radical (unpaired) electrons. The lowest BCUT2D eigenvalue weighted by molar-refractivity contribution is 0.0525. The summed E-state index contributed by atoms with van der Waals surface area (Å²) in [6.45, 7) is 6.93. The van der Waals surface area contributed by atoms with Gasteiger partial charge in [0.25, 0.3) is 0 Å². The molecular weight excluding hydrogens is 448 g/mol. The number of benzene rings is 2. The zero-order chi connectivity index (χ0) is 24.7. The molecule has 1 unspecified atom stereocenters. The van der Waals surface area contributed by atoms with Crippen LogP contribution in [-0.4, -0.2) is 59.3 Å². The third-order valence-corrected chi connectivity index (χ3v) is 7.76. The highest BCUT2D eigenvalue weighted by molar-refractivity contribution is 5.94. The van der Waals surface area contributed by atoms with Crippen molar-refractivity contribution in [3.63, 3.8) is 0 Å². The first-order valence-corrected chi connectivity index (χ1v) is 12.2. The lowest BCUT2D eigenvalue weighted by Crippen LogP contribution is -2.41. The Kier molecular flexibility index (Phi) is 6.63. The maximum atomic E-state index is 11.8. The summed E-state index contributed by atoms with van der Waals surface area (Å²) in [6.07, 6.45) is 0.751. The van der Waals surface area contributed by atoms with E-state index in [0.29, 0.717) is 30.8 Å². The van der Waals surface area contributed by atoms with E-state index in [0.717, 1.165) is 52.8 Å². The van der Waals surface area contributed by atoms with Crippen molar-refractivity contribution in [1.29, 1.82) is 0 Å². The van der Waals surface area contributed by atoms with E-state index in [1.807, 2.05) is 26.0 Å². The Bertz CT molecular complexity index is 1160. The fourth-order valence-corrected chi connectivity index (χ4v) is 5.64. The number of ether oxygens (including phenoxy) is 2. The molecule has 2 aromatic rings. The Morgan fingerprint density at radius 2 is 1.51 bits per heavy atom. The quantitative estimate of drug-likeness (QED) is 0.495. The number of hydrogen-bond donors (Lipinski definition) is 3. The largest absolute Gasteiger partial charge is 0.457 e. The van der Waals surface area contributed by atoms with Crippen molar-refractivity contribution < 1.29 is 29.3 Å². The van der Waals surface area contributed by atoms with Crippen LogP contribution in [0.4, 0.5) is 0 Å². The van der Waals surface area contributed by atoms with E-state index in [2.05, 4.69) is 10.2 Å². The van der Waals surface area contributed by atoms with Gasteiger partial charge in [-0.25, -0.2) is 9.59 Å². The Morgan fingerprint density at radius 1 is 0.943 bits per heavy atom. The van der Waals surface area contributed by atoms with E-state index >= 15 is 0 Å². The standard InChI is InChI=1S/C27H32N2O6/c1-15-18(5-7-20-22(15)13-34-26(20)32)24(30)11-28-10-17-4-3-9-29(17)12-25(31)19-6-8-21-23(16(19)2)14-35-27(21)33/h5-8,17,24-25,28,30-31H,3-4,9-14H2,1-2H3/t17?,24-,25+/m1/s1. The third kappa shape index (κ3) is 4.47. The zero-order valence-electron chi connectivity index (χ0n) is 20.2. The number of nitrogens with one attached hydrogen (secondary N) is 1. The first kappa shape index (κ1) is 23.9. The number of rotatable bonds is 8. The van der Waals surface area contributed by atoms with Gasteiger partial charge in [-0.3, -0.25) is 4.90 Å². The minimum absolute atomic E-state index is 0.264. The lowest BCUT2D eigenvalue weighted by atomic mass is 9.95. The van der Waals surface area contributed by atoms with Crippen molar-refractivity contribution in [2.75, 3.05) is 26.2 Å². The Morgan fingerprint density at radius 3 is 2.11 bits per heavy atom. The van der Waals surface area contributed by atoms with Crippen molar-refractivity contribution in [3.05, 3.63) is 68.8 Å². The normalized spacial score (nSPS) is 21.0.